The first-order valence-corrected chi connectivity index (χ1v) is 8.92. The SMILES string of the molecule is COC[C@@H]1[C@H](NC(=O)c2sc3ccccc3c2C)[C@@H]2CCO[C@H]12. The first kappa shape index (κ1) is 15.1. The van der Waals surface area contributed by atoms with Crippen LogP contribution in [0.1, 0.15) is 21.7 Å². The van der Waals surface area contributed by atoms with Gasteiger partial charge in [-0.25, -0.2) is 0 Å². The quantitative estimate of drug-likeness (QED) is 0.937. The third kappa shape index (κ3) is 2.38. The Morgan fingerprint density at radius 2 is 2.26 bits per heavy atom. The molecule has 0 bridgehead atoms. The summed E-state index contributed by atoms with van der Waals surface area (Å²) in [5, 5.41) is 4.43. The number of methoxy groups -OCH3 is 1. The normalized spacial score (nSPS) is 29.3. The lowest BCUT2D eigenvalue weighted by Crippen LogP contribution is -2.62. The Balaban J connectivity index is 1.55. The fourth-order valence-corrected chi connectivity index (χ4v) is 5.15. The van der Waals surface area contributed by atoms with Crippen LogP contribution in [0.25, 0.3) is 10.1 Å². The smallest absolute Gasteiger partial charge is 0.261 e. The van der Waals surface area contributed by atoms with E-state index in [1.54, 1.807) is 18.4 Å². The third-order valence-electron chi connectivity index (χ3n) is 5.23. The number of carbonyl (C=O) groups excluding carboxylic acids is 1. The van der Waals surface area contributed by atoms with Crippen LogP contribution >= 0.6 is 11.3 Å². The maximum Gasteiger partial charge on any atom is 0.261 e. The Labute approximate surface area is 139 Å². The number of hydrogen-bond acceptors (Lipinski definition) is 4. The molecule has 2 aromatic rings. The number of carbonyl (C=O) groups is 1. The van der Waals surface area contributed by atoms with Crippen LogP contribution in [0.15, 0.2) is 24.3 Å². The monoisotopic (exact) mass is 331 g/mol. The second-order valence-corrected chi connectivity index (χ2v) is 7.51. The van der Waals surface area contributed by atoms with Gasteiger partial charge in [0.05, 0.1) is 17.6 Å². The van der Waals surface area contributed by atoms with Gasteiger partial charge in [0.15, 0.2) is 0 Å². The summed E-state index contributed by atoms with van der Waals surface area (Å²) in [7, 11) is 1.71. The van der Waals surface area contributed by atoms with Gasteiger partial charge in [-0.3, -0.25) is 4.79 Å². The molecule has 1 aliphatic carbocycles. The summed E-state index contributed by atoms with van der Waals surface area (Å²) in [6.07, 6.45) is 1.28. The fraction of sp³-hybridized carbons (Fsp3) is 0.500. The third-order valence-corrected chi connectivity index (χ3v) is 6.51. The van der Waals surface area contributed by atoms with Crippen LogP contribution in [0.5, 0.6) is 0 Å². The van der Waals surface area contributed by atoms with Gasteiger partial charge in [-0.05, 0) is 30.4 Å². The van der Waals surface area contributed by atoms with E-state index in [0.29, 0.717) is 12.5 Å². The van der Waals surface area contributed by atoms with Crippen molar-refractivity contribution in [3.63, 3.8) is 0 Å². The summed E-state index contributed by atoms with van der Waals surface area (Å²) < 4.78 is 12.3. The number of aryl methyl sites for hydroxylation is 1. The van der Waals surface area contributed by atoms with Crippen LogP contribution in [-0.2, 0) is 9.47 Å². The molecule has 1 N–H and O–H groups in total. The van der Waals surface area contributed by atoms with Gasteiger partial charge in [0.1, 0.15) is 0 Å². The summed E-state index contributed by atoms with van der Waals surface area (Å²) >= 11 is 1.57. The molecular formula is C18H21NO3S. The molecule has 0 spiro atoms. The summed E-state index contributed by atoms with van der Waals surface area (Å²) in [5.41, 5.74) is 1.07. The highest BCUT2D eigenvalue weighted by molar-refractivity contribution is 7.21. The zero-order chi connectivity index (χ0) is 16.0. The van der Waals surface area contributed by atoms with Crippen molar-refractivity contribution in [2.24, 2.45) is 11.8 Å². The Morgan fingerprint density at radius 3 is 3.04 bits per heavy atom. The summed E-state index contributed by atoms with van der Waals surface area (Å²) in [6.45, 7) is 3.46. The highest BCUT2D eigenvalue weighted by Crippen LogP contribution is 2.44. The molecule has 0 radical (unpaired) electrons. The van der Waals surface area contributed by atoms with Gasteiger partial charge in [-0.2, -0.15) is 0 Å². The molecule has 23 heavy (non-hydrogen) atoms. The van der Waals surface area contributed by atoms with E-state index in [1.807, 2.05) is 19.1 Å². The molecule has 0 unspecified atom stereocenters. The zero-order valence-electron chi connectivity index (χ0n) is 13.4. The average Bonchev–Trinajstić information content (AvgIpc) is 3.13. The van der Waals surface area contributed by atoms with Crippen molar-refractivity contribution in [1.82, 2.24) is 5.32 Å². The van der Waals surface area contributed by atoms with E-state index in [0.717, 1.165) is 23.5 Å². The second-order valence-electron chi connectivity index (χ2n) is 6.46. The minimum Gasteiger partial charge on any atom is -0.384 e. The molecule has 2 heterocycles. The Kier molecular flexibility index (Phi) is 3.87. The molecule has 1 aliphatic heterocycles. The highest BCUT2D eigenvalue weighted by Gasteiger charge is 2.54. The molecule has 1 aromatic carbocycles. The van der Waals surface area contributed by atoms with Crippen molar-refractivity contribution in [3.8, 4) is 0 Å². The van der Waals surface area contributed by atoms with E-state index in [2.05, 4.69) is 17.4 Å². The van der Waals surface area contributed by atoms with Gasteiger partial charge in [0.2, 0.25) is 0 Å². The molecule has 5 heteroatoms. The van der Waals surface area contributed by atoms with Crippen LogP contribution < -0.4 is 5.32 Å². The van der Waals surface area contributed by atoms with Crippen molar-refractivity contribution < 1.29 is 14.3 Å². The second kappa shape index (κ2) is 5.89. The minimum atomic E-state index is 0.0418. The Bertz CT molecular complexity index is 741. The van der Waals surface area contributed by atoms with Crippen molar-refractivity contribution >= 4 is 27.3 Å². The van der Waals surface area contributed by atoms with Crippen LogP contribution in [0.3, 0.4) is 0 Å². The van der Waals surface area contributed by atoms with Crippen molar-refractivity contribution in [2.75, 3.05) is 20.3 Å². The molecule has 1 saturated heterocycles. The molecule has 1 saturated carbocycles. The molecule has 4 atom stereocenters. The number of thiophene rings is 1. The van der Waals surface area contributed by atoms with Crippen LogP contribution in [0.4, 0.5) is 0 Å². The molecule has 1 aromatic heterocycles. The van der Waals surface area contributed by atoms with Gasteiger partial charge in [0, 0.05) is 36.3 Å². The predicted octanol–water partition coefficient (Wildman–Crippen LogP) is 2.99. The first-order chi connectivity index (χ1) is 11.2. The Morgan fingerprint density at radius 1 is 1.43 bits per heavy atom. The number of nitrogens with one attached hydrogen (secondary N) is 1. The molecule has 4 nitrogen and oxygen atoms in total. The lowest BCUT2D eigenvalue weighted by atomic mass is 9.67. The minimum absolute atomic E-state index is 0.0418. The maximum atomic E-state index is 12.8. The van der Waals surface area contributed by atoms with Gasteiger partial charge < -0.3 is 14.8 Å². The lowest BCUT2D eigenvalue weighted by Gasteiger charge is -2.47. The van der Waals surface area contributed by atoms with Gasteiger partial charge >= 0.3 is 0 Å². The van der Waals surface area contributed by atoms with E-state index in [-0.39, 0.29) is 24.0 Å². The molecular weight excluding hydrogens is 310 g/mol. The van der Waals surface area contributed by atoms with E-state index in [4.69, 9.17) is 9.47 Å². The fourth-order valence-electron chi connectivity index (χ4n) is 4.04. The number of hydrogen-bond donors (Lipinski definition) is 1. The van der Waals surface area contributed by atoms with E-state index < -0.39 is 0 Å². The summed E-state index contributed by atoms with van der Waals surface area (Å²) in [4.78, 5) is 13.6. The molecule has 2 fully saturated rings. The first-order valence-electron chi connectivity index (χ1n) is 8.10. The number of rotatable bonds is 4. The van der Waals surface area contributed by atoms with E-state index in [9.17, 15) is 4.79 Å². The van der Waals surface area contributed by atoms with Gasteiger partial charge in [-0.15, -0.1) is 11.3 Å². The van der Waals surface area contributed by atoms with E-state index in [1.165, 1.54) is 10.1 Å². The summed E-state index contributed by atoms with van der Waals surface area (Å²) in [6, 6.07) is 8.35. The van der Waals surface area contributed by atoms with E-state index >= 15 is 0 Å². The topological polar surface area (TPSA) is 47.6 Å². The predicted molar refractivity (Wildman–Crippen MR) is 91.0 cm³/mol. The zero-order valence-corrected chi connectivity index (χ0v) is 14.2. The number of fused-ring (bicyclic) bond motifs is 2. The molecule has 1 amide bonds. The average molecular weight is 331 g/mol. The molecule has 4 rings (SSSR count). The number of ether oxygens (including phenoxy) is 2. The number of amides is 1. The number of benzene rings is 1. The van der Waals surface area contributed by atoms with Crippen molar-refractivity contribution in [1.29, 1.82) is 0 Å². The standard InChI is InChI=1S/C18H21NO3S/c1-10-11-5-3-4-6-14(11)23-17(10)18(20)19-15-12-7-8-22-16(12)13(15)9-21-2/h3-6,12-13,15-16H,7-9H2,1-2H3,(H,19,20)/t12-,13+,15+,16-/m0/s1. The Hall–Kier alpha value is -1.43. The summed E-state index contributed by atoms with van der Waals surface area (Å²) in [5.74, 6) is 0.750. The lowest BCUT2D eigenvalue weighted by molar-refractivity contribution is -0.0809. The van der Waals surface area contributed by atoms with Crippen molar-refractivity contribution in [2.45, 2.75) is 25.5 Å². The van der Waals surface area contributed by atoms with Crippen LogP contribution in [0, 0.1) is 18.8 Å². The van der Waals surface area contributed by atoms with Gasteiger partial charge in [0.25, 0.3) is 5.91 Å². The van der Waals surface area contributed by atoms with Crippen LogP contribution in [0.2, 0.25) is 0 Å². The highest BCUT2D eigenvalue weighted by atomic mass is 32.1. The van der Waals surface area contributed by atoms with Gasteiger partial charge in [-0.1, -0.05) is 18.2 Å². The van der Waals surface area contributed by atoms with Crippen LogP contribution in [-0.4, -0.2) is 38.4 Å². The molecule has 2 aliphatic rings. The maximum absolute atomic E-state index is 12.8. The molecule has 122 valence electrons. The van der Waals surface area contributed by atoms with Crippen molar-refractivity contribution in [3.05, 3.63) is 34.7 Å². The largest absolute Gasteiger partial charge is 0.384 e.